The Morgan fingerprint density at radius 2 is 2.20 bits per heavy atom. The van der Waals surface area contributed by atoms with Gasteiger partial charge < -0.3 is 15.8 Å². The molecule has 0 bridgehead atoms. The zero-order valence-corrected chi connectivity index (χ0v) is 12.0. The molecule has 1 fully saturated rings. The van der Waals surface area contributed by atoms with Gasteiger partial charge in [0.1, 0.15) is 0 Å². The van der Waals surface area contributed by atoms with Crippen LogP contribution in [0, 0.1) is 0 Å². The fraction of sp³-hybridized carbons (Fsp3) is 0.533. The second kappa shape index (κ2) is 7.26. The standard InChI is InChI=1S/C15H23N3O2/c1-2-20-14-6-8-18(9-7-14)11-15(19)17-13-5-3-4-12(16)10-13/h3-5,10,14H,2,6-9,11,16H2,1H3,(H,17,19). The number of nitrogen functional groups attached to an aromatic ring is 1. The van der Waals surface area contributed by atoms with E-state index >= 15 is 0 Å². The lowest BCUT2D eigenvalue weighted by atomic mass is 10.1. The number of hydrogen-bond acceptors (Lipinski definition) is 4. The molecule has 1 aromatic carbocycles. The average Bonchev–Trinajstić information content (AvgIpc) is 2.41. The van der Waals surface area contributed by atoms with E-state index in [1.54, 1.807) is 12.1 Å². The molecule has 5 heteroatoms. The number of amides is 1. The Morgan fingerprint density at radius 3 is 2.85 bits per heavy atom. The smallest absolute Gasteiger partial charge is 0.238 e. The molecule has 1 aromatic rings. The molecule has 0 atom stereocenters. The summed E-state index contributed by atoms with van der Waals surface area (Å²) in [6.07, 6.45) is 2.35. The number of nitrogens with two attached hydrogens (primary N) is 1. The number of carbonyl (C=O) groups excluding carboxylic acids is 1. The molecule has 1 saturated heterocycles. The third-order valence-corrected chi connectivity index (χ3v) is 3.47. The highest BCUT2D eigenvalue weighted by Gasteiger charge is 2.20. The first-order valence-electron chi connectivity index (χ1n) is 7.16. The van der Waals surface area contributed by atoms with Crippen LogP contribution in [0.3, 0.4) is 0 Å². The van der Waals surface area contributed by atoms with Crippen molar-refractivity contribution in [3.05, 3.63) is 24.3 Å². The van der Waals surface area contributed by atoms with Crippen LogP contribution in [0.2, 0.25) is 0 Å². The van der Waals surface area contributed by atoms with Crippen LogP contribution >= 0.6 is 0 Å². The van der Waals surface area contributed by atoms with Crippen molar-refractivity contribution in [1.29, 1.82) is 0 Å². The van der Waals surface area contributed by atoms with Crippen molar-refractivity contribution in [3.63, 3.8) is 0 Å². The molecule has 20 heavy (non-hydrogen) atoms. The van der Waals surface area contributed by atoms with Gasteiger partial charge in [-0.1, -0.05) is 6.07 Å². The Kier molecular flexibility index (Phi) is 5.38. The minimum atomic E-state index is 0.00506. The SMILES string of the molecule is CCOC1CCN(CC(=O)Nc2cccc(N)c2)CC1. The third kappa shape index (κ3) is 4.51. The highest BCUT2D eigenvalue weighted by molar-refractivity contribution is 5.92. The Bertz CT molecular complexity index is 442. The van der Waals surface area contributed by atoms with Crippen LogP contribution in [-0.2, 0) is 9.53 Å². The summed E-state index contributed by atoms with van der Waals surface area (Å²) in [5, 5.41) is 2.87. The van der Waals surface area contributed by atoms with E-state index in [1.165, 1.54) is 0 Å². The van der Waals surface area contributed by atoms with E-state index in [4.69, 9.17) is 10.5 Å². The number of benzene rings is 1. The molecule has 0 saturated carbocycles. The van der Waals surface area contributed by atoms with Crippen LogP contribution in [0.1, 0.15) is 19.8 Å². The average molecular weight is 277 g/mol. The van der Waals surface area contributed by atoms with Gasteiger partial charge >= 0.3 is 0 Å². The van der Waals surface area contributed by atoms with E-state index in [0.29, 0.717) is 18.3 Å². The maximum Gasteiger partial charge on any atom is 0.238 e. The first-order chi connectivity index (χ1) is 9.67. The summed E-state index contributed by atoms with van der Waals surface area (Å²) >= 11 is 0. The fourth-order valence-corrected chi connectivity index (χ4v) is 2.49. The number of likely N-dealkylation sites (tertiary alicyclic amines) is 1. The van der Waals surface area contributed by atoms with Crippen molar-refractivity contribution in [3.8, 4) is 0 Å². The lowest BCUT2D eigenvalue weighted by molar-refractivity contribution is -0.118. The predicted molar refractivity (Wildman–Crippen MR) is 80.6 cm³/mol. The summed E-state index contributed by atoms with van der Waals surface area (Å²) in [5.41, 5.74) is 7.09. The van der Waals surface area contributed by atoms with E-state index < -0.39 is 0 Å². The molecule has 3 N–H and O–H groups in total. The van der Waals surface area contributed by atoms with Crippen LogP contribution in [0.5, 0.6) is 0 Å². The number of nitrogens with one attached hydrogen (secondary N) is 1. The minimum Gasteiger partial charge on any atom is -0.399 e. The Balaban J connectivity index is 1.75. The molecular formula is C15H23N3O2. The molecule has 1 heterocycles. The Labute approximate surface area is 120 Å². The Hall–Kier alpha value is -1.59. The van der Waals surface area contributed by atoms with Gasteiger partial charge in [-0.3, -0.25) is 9.69 Å². The van der Waals surface area contributed by atoms with Gasteiger partial charge in [0.15, 0.2) is 0 Å². The predicted octanol–water partition coefficient (Wildman–Crippen LogP) is 1.71. The van der Waals surface area contributed by atoms with E-state index in [1.807, 2.05) is 19.1 Å². The van der Waals surface area contributed by atoms with Crippen molar-refractivity contribution >= 4 is 17.3 Å². The summed E-state index contributed by atoms with van der Waals surface area (Å²) in [6, 6.07) is 7.24. The van der Waals surface area contributed by atoms with Crippen LogP contribution in [0.4, 0.5) is 11.4 Å². The van der Waals surface area contributed by atoms with Crippen LogP contribution in [-0.4, -0.2) is 43.2 Å². The molecular weight excluding hydrogens is 254 g/mol. The first-order valence-corrected chi connectivity index (χ1v) is 7.16. The third-order valence-electron chi connectivity index (χ3n) is 3.47. The van der Waals surface area contributed by atoms with Gasteiger partial charge in [0.2, 0.25) is 5.91 Å². The van der Waals surface area contributed by atoms with Gasteiger partial charge in [0, 0.05) is 31.1 Å². The molecule has 0 spiro atoms. The van der Waals surface area contributed by atoms with Gasteiger partial charge in [-0.15, -0.1) is 0 Å². The second-order valence-corrected chi connectivity index (χ2v) is 5.10. The molecule has 110 valence electrons. The molecule has 5 nitrogen and oxygen atoms in total. The molecule has 1 amide bonds. The maximum atomic E-state index is 12.0. The highest BCUT2D eigenvalue weighted by Crippen LogP contribution is 2.14. The lowest BCUT2D eigenvalue weighted by Crippen LogP contribution is -2.41. The van der Waals surface area contributed by atoms with E-state index in [2.05, 4.69) is 10.2 Å². The summed E-state index contributed by atoms with van der Waals surface area (Å²) in [5.74, 6) is 0.00506. The summed E-state index contributed by atoms with van der Waals surface area (Å²) in [7, 11) is 0. The van der Waals surface area contributed by atoms with E-state index in [9.17, 15) is 4.79 Å². The molecule has 0 aromatic heterocycles. The Morgan fingerprint density at radius 1 is 1.45 bits per heavy atom. The molecule has 1 aliphatic rings. The van der Waals surface area contributed by atoms with Crippen molar-refractivity contribution < 1.29 is 9.53 Å². The summed E-state index contributed by atoms with van der Waals surface area (Å²) in [6.45, 7) is 5.03. The maximum absolute atomic E-state index is 12.0. The van der Waals surface area contributed by atoms with Crippen molar-refractivity contribution in [2.24, 2.45) is 0 Å². The van der Waals surface area contributed by atoms with Crippen molar-refractivity contribution in [1.82, 2.24) is 4.90 Å². The van der Waals surface area contributed by atoms with Gasteiger partial charge in [-0.25, -0.2) is 0 Å². The number of rotatable bonds is 5. The van der Waals surface area contributed by atoms with E-state index in [0.717, 1.165) is 38.2 Å². The zero-order chi connectivity index (χ0) is 14.4. The molecule has 2 rings (SSSR count). The first kappa shape index (κ1) is 14.8. The highest BCUT2D eigenvalue weighted by atomic mass is 16.5. The zero-order valence-electron chi connectivity index (χ0n) is 12.0. The van der Waals surface area contributed by atoms with Crippen LogP contribution in [0.15, 0.2) is 24.3 Å². The van der Waals surface area contributed by atoms with E-state index in [-0.39, 0.29) is 5.91 Å². The number of hydrogen-bond donors (Lipinski definition) is 2. The molecule has 1 aliphatic heterocycles. The van der Waals surface area contributed by atoms with Crippen molar-refractivity contribution in [2.45, 2.75) is 25.9 Å². The van der Waals surface area contributed by atoms with Gasteiger partial charge in [0.25, 0.3) is 0 Å². The second-order valence-electron chi connectivity index (χ2n) is 5.10. The summed E-state index contributed by atoms with van der Waals surface area (Å²) in [4.78, 5) is 14.1. The number of nitrogens with zero attached hydrogens (tertiary/aromatic N) is 1. The normalized spacial score (nSPS) is 17.1. The molecule has 0 aliphatic carbocycles. The number of ether oxygens (including phenoxy) is 1. The molecule has 0 unspecified atom stereocenters. The lowest BCUT2D eigenvalue weighted by Gasteiger charge is -2.31. The number of carbonyl (C=O) groups is 1. The van der Waals surface area contributed by atoms with Crippen LogP contribution < -0.4 is 11.1 Å². The van der Waals surface area contributed by atoms with Gasteiger partial charge in [-0.2, -0.15) is 0 Å². The number of piperidine rings is 1. The monoisotopic (exact) mass is 277 g/mol. The summed E-state index contributed by atoms with van der Waals surface area (Å²) < 4.78 is 5.60. The topological polar surface area (TPSA) is 67.6 Å². The minimum absolute atomic E-state index is 0.00506. The fourth-order valence-electron chi connectivity index (χ4n) is 2.49. The quantitative estimate of drug-likeness (QED) is 0.804. The van der Waals surface area contributed by atoms with Crippen LogP contribution in [0.25, 0.3) is 0 Å². The largest absolute Gasteiger partial charge is 0.399 e. The number of anilines is 2. The molecule has 0 radical (unpaired) electrons. The van der Waals surface area contributed by atoms with Gasteiger partial charge in [0.05, 0.1) is 12.6 Å². The van der Waals surface area contributed by atoms with Gasteiger partial charge in [-0.05, 0) is 38.0 Å². The van der Waals surface area contributed by atoms with Crippen molar-refractivity contribution in [2.75, 3.05) is 37.3 Å².